The fourth-order valence-electron chi connectivity index (χ4n) is 1.39. The number of urea groups is 1. The number of aryl methyl sites for hydroxylation is 2. The van der Waals surface area contributed by atoms with E-state index in [4.69, 9.17) is 0 Å². The summed E-state index contributed by atoms with van der Waals surface area (Å²) in [7, 11) is 0. The van der Waals surface area contributed by atoms with Crippen LogP contribution in [0.15, 0.2) is 23.3 Å². The summed E-state index contributed by atoms with van der Waals surface area (Å²) in [4.78, 5) is 11.5. The minimum absolute atomic E-state index is 0. The zero-order chi connectivity index (χ0) is 12.7. The van der Waals surface area contributed by atoms with E-state index in [1.165, 1.54) is 6.34 Å². The first-order chi connectivity index (χ1) is 8.15. The highest BCUT2D eigenvalue weighted by atomic mass is 35.5. The van der Waals surface area contributed by atoms with Gasteiger partial charge in [0.1, 0.15) is 6.34 Å². The van der Waals surface area contributed by atoms with E-state index in [-0.39, 0.29) is 18.4 Å². The molecule has 0 bridgehead atoms. The van der Waals surface area contributed by atoms with Gasteiger partial charge < -0.3 is 10.7 Å². The Bertz CT molecular complexity index is 400. The number of rotatable bonds is 4. The van der Waals surface area contributed by atoms with Crippen LogP contribution in [0, 0.1) is 13.8 Å². The standard InChI is InChI=1S/C12H18N4O.ClH/c1-4-14-15-8-13-12(17)16-11-9(2)6-5-7-10(11)3;/h5-8,14H,4H2,1-3H3,(H2,13,15,16,17);1H. The first-order valence-electron chi connectivity index (χ1n) is 5.53. The van der Waals surface area contributed by atoms with E-state index in [2.05, 4.69) is 21.2 Å². The SMILES string of the molecule is CCNN=CNC(=O)Nc1c(C)cccc1C.Cl. The lowest BCUT2D eigenvalue weighted by Crippen LogP contribution is -2.28. The average molecular weight is 271 g/mol. The predicted molar refractivity (Wildman–Crippen MR) is 77.5 cm³/mol. The number of carbonyl (C=O) groups is 1. The number of para-hydroxylation sites is 1. The maximum Gasteiger partial charge on any atom is 0.324 e. The van der Waals surface area contributed by atoms with E-state index in [9.17, 15) is 4.79 Å². The first kappa shape index (κ1) is 16.2. The predicted octanol–water partition coefficient (Wildman–Crippen LogP) is 2.40. The third kappa shape index (κ3) is 5.05. The van der Waals surface area contributed by atoms with Crippen molar-refractivity contribution < 1.29 is 4.79 Å². The Balaban J connectivity index is 0.00000289. The van der Waals surface area contributed by atoms with Gasteiger partial charge in [0.15, 0.2) is 0 Å². The Labute approximate surface area is 113 Å². The van der Waals surface area contributed by atoms with Gasteiger partial charge in [0.05, 0.1) is 0 Å². The van der Waals surface area contributed by atoms with Crippen molar-refractivity contribution in [3.8, 4) is 0 Å². The molecule has 18 heavy (non-hydrogen) atoms. The molecule has 100 valence electrons. The van der Waals surface area contributed by atoms with Gasteiger partial charge in [-0.15, -0.1) is 12.4 Å². The quantitative estimate of drug-likeness (QED) is 0.447. The van der Waals surface area contributed by atoms with E-state index < -0.39 is 0 Å². The summed E-state index contributed by atoms with van der Waals surface area (Å²) < 4.78 is 0. The number of nitrogens with zero attached hydrogens (tertiary/aromatic N) is 1. The molecule has 1 aromatic rings. The van der Waals surface area contributed by atoms with Gasteiger partial charge in [-0.05, 0) is 31.9 Å². The summed E-state index contributed by atoms with van der Waals surface area (Å²) in [5, 5.41) is 9.07. The normalized spacial score (nSPS) is 9.72. The van der Waals surface area contributed by atoms with Gasteiger partial charge in [0.25, 0.3) is 0 Å². The number of halogens is 1. The van der Waals surface area contributed by atoms with E-state index in [0.717, 1.165) is 23.4 Å². The van der Waals surface area contributed by atoms with E-state index in [1.54, 1.807) is 0 Å². The van der Waals surface area contributed by atoms with Gasteiger partial charge in [-0.2, -0.15) is 5.10 Å². The number of carbonyl (C=O) groups excluding carboxylic acids is 1. The third-order valence-electron chi connectivity index (χ3n) is 2.23. The van der Waals surface area contributed by atoms with Gasteiger partial charge >= 0.3 is 6.03 Å². The molecule has 0 radical (unpaired) electrons. The zero-order valence-corrected chi connectivity index (χ0v) is 11.6. The second-order valence-corrected chi connectivity index (χ2v) is 3.64. The van der Waals surface area contributed by atoms with Crippen LogP contribution in [0.4, 0.5) is 10.5 Å². The fraction of sp³-hybridized carbons (Fsp3) is 0.333. The van der Waals surface area contributed by atoms with Crippen molar-refractivity contribution in [3.63, 3.8) is 0 Å². The van der Waals surface area contributed by atoms with Gasteiger partial charge in [0.2, 0.25) is 0 Å². The summed E-state index contributed by atoms with van der Waals surface area (Å²) in [6.45, 7) is 6.55. The highest BCUT2D eigenvalue weighted by molar-refractivity contribution is 5.97. The molecule has 0 aliphatic heterocycles. The largest absolute Gasteiger partial charge is 0.324 e. The van der Waals surface area contributed by atoms with Gasteiger partial charge in [0, 0.05) is 12.2 Å². The number of nitrogens with one attached hydrogen (secondary N) is 3. The van der Waals surface area contributed by atoms with Crippen LogP contribution in [-0.4, -0.2) is 18.9 Å². The van der Waals surface area contributed by atoms with Crippen molar-refractivity contribution >= 4 is 30.5 Å². The first-order valence-corrected chi connectivity index (χ1v) is 5.53. The van der Waals surface area contributed by atoms with Crippen molar-refractivity contribution in [2.75, 3.05) is 11.9 Å². The van der Waals surface area contributed by atoms with E-state index in [0.29, 0.717) is 0 Å². The number of hydrazone groups is 1. The van der Waals surface area contributed by atoms with E-state index in [1.807, 2.05) is 39.0 Å². The van der Waals surface area contributed by atoms with Crippen LogP contribution in [0.5, 0.6) is 0 Å². The Kier molecular flexibility index (Phi) is 7.54. The molecule has 0 heterocycles. The van der Waals surface area contributed by atoms with Crippen LogP contribution in [0.1, 0.15) is 18.1 Å². The van der Waals surface area contributed by atoms with Gasteiger partial charge in [-0.1, -0.05) is 18.2 Å². The zero-order valence-electron chi connectivity index (χ0n) is 10.8. The lowest BCUT2D eigenvalue weighted by Gasteiger charge is -2.10. The summed E-state index contributed by atoms with van der Waals surface area (Å²) in [5.74, 6) is 0. The molecule has 0 saturated carbocycles. The number of hydrogen-bond donors (Lipinski definition) is 3. The molecule has 2 amide bonds. The Morgan fingerprint density at radius 2 is 1.94 bits per heavy atom. The van der Waals surface area contributed by atoms with Crippen molar-refractivity contribution in [2.45, 2.75) is 20.8 Å². The highest BCUT2D eigenvalue weighted by Crippen LogP contribution is 2.18. The van der Waals surface area contributed by atoms with Gasteiger partial charge in [-0.3, -0.25) is 5.32 Å². The molecule has 3 N–H and O–H groups in total. The smallest absolute Gasteiger partial charge is 0.309 e. The fourth-order valence-corrected chi connectivity index (χ4v) is 1.39. The molecule has 6 heteroatoms. The Hall–Kier alpha value is -1.75. The minimum atomic E-state index is -0.302. The average Bonchev–Trinajstić information content (AvgIpc) is 2.30. The number of amides is 2. The summed E-state index contributed by atoms with van der Waals surface area (Å²) in [6, 6.07) is 5.56. The van der Waals surface area contributed by atoms with E-state index >= 15 is 0 Å². The number of anilines is 1. The van der Waals surface area contributed by atoms with Crippen LogP contribution in [0.25, 0.3) is 0 Å². The molecule has 0 aliphatic rings. The van der Waals surface area contributed by atoms with Crippen LogP contribution < -0.4 is 16.1 Å². The number of benzene rings is 1. The molecular weight excluding hydrogens is 252 g/mol. The molecule has 0 atom stereocenters. The van der Waals surface area contributed by atoms with Crippen molar-refractivity contribution in [1.82, 2.24) is 10.7 Å². The third-order valence-corrected chi connectivity index (χ3v) is 2.23. The molecule has 0 unspecified atom stereocenters. The summed E-state index contributed by atoms with van der Waals surface area (Å²) in [6.07, 6.45) is 1.33. The second kappa shape index (κ2) is 8.36. The van der Waals surface area contributed by atoms with Crippen LogP contribution in [0.2, 0.25) is 0 Å². The molecule has 0 aromatic heterocycles. The lowest BCUT2D eigenvalue weighted by molar-refractivity contribution is 0.256. The monoisotopic (exact) mass is 270 g/mol. The second-order valence-electron chi connectivity index (χ2n) is 3.64. The van der Waals surface area contributed by atoms with Crippen LogP contribution in [0.3, 0.4) is 0 Å². The van der Waals surface area contributed by atoms with Crippen LogP contribution in [-0.2, 0) is 0 Å². The molecule has 0 saturated heterocycles. The number of hydrogen-bond acceptors (Lipinski definition) is 3. The maximum atomic E-state index is 11.5. The molecule has 0 spiro atoms. The van der Waals surface area contributed by atoms with Crippen molar-refractivity contribution in [1.29, 1.82) is 0 Å². The summed E-state index contributed by atoms with van der Waals surface area (Å²) >= 11 is 0. The Morgan fingerprint density at radius 3 is 2.50 bits per heavy atom. The van der Waals surface area contributed by atoms with Crippen molar-refractivity contribution in [3.05, 3.63) is 29.3 Å². The molecule has 0 fully saturated rings. The molecule has 1 aromatic carbocycles. The Morgan fingerprint density at radius 1 is 1.33 bits per heavy atom. The van der Waals surface area contributed by atoms with Crippen molar-refractivity contribution in [2.24, 2.45) is 5.10 Å². The summed E-state index contributed by atoms with van der Waals surface area (Å²) in [5.41, 5.74) is 5.61. The molecule has 5 nitrogen and oxygen atoms in total. The molecule has 0 aliphatic carbocycles. The molecule has 1 rings (SSSR count). The molecular formula is C12H19ClN4O. The highest BCUT2D eigenvalue weighted by Gasteiger charge is 2.05. The van der Waals surface area contributed by atoms with Gasteiger partial charge in [-0.25, -0.2) is 4.79 Å². The minimum Gasteiger partial charge on any atom is -0.309 e. The lowest BCUT2D eigenvalue weighted by atomic mass is 10.1. The maximum absolute atomic E-state index is 11.5. The van der Waals surface area contributed by atoms with Crippen LogP contribution >= 0.6 is 12.4 Å². The topological polar surface area (TPSA) is 65.5 Å².